The number of rotatable bonds is 7. The van der Waals surface area contributed by atoms with E-state index in [1.54, 1.807) is 31.4 Å². The molecule has 0 bridgehead atoms. The molecule has 0 spiro atoms. The van der Waals surface area contributed by atoms with Crippen molar-refractivity contribution in [2.24, 2.45) is 0 Å². The Hall–Kier alpha value is -2.94. The molecule has 0 unspecified atom stereocenters. The summed E-state index contributed by atoms with van der Waals surface area (Å²) in [7, 11) is 1.61. The molecule has 0 fully saturated rings. The monoisotopic (exact) mass is 415 g/mol. The molecule has 9 heteroatoms. The van der Waals surface area contributed by atoms with E-state index in [1.165, 1.54) is 11.8 Å². The first-order valence-electron chi connectivity index (χ1n) is 9.07. The van der Waals surface area contributed by atoms with Crippen LogP contribution in [0.3, 0.4) is 0 Å². The van der Waals surface area contributed by atoms with Crippen LogP contribution in [0.4, 0.5) is 8.78 Å². The average molecular weight is 415 g/mol. The Balaban J connectivity index is 1.66. The lowest BCUT2D eigenvalue weighted by Crippen LogP contribution is -2.04. The van der Waals surface area contributed by atoms with Crippen molar-refractivity contribution in [3.63, 3.8) is 0 Å². The summed E-state index contributed by atoms with van der Waals surface area (Å²) in [4.78, 5) is 4.38. The average Bonchev–Trinajstić information content (AvgIpc) is 3.32. The van der Waals surface area contributed by atoms with Crippen molar-refractivity contribution < 1.29 is 13.5 Å². The molecule has 0 saturated heterocycles. The summed E-state index contributed by atoms with van der Waals surface area (Å²) in [6.45, 7) is -0.0412. The maximum Gasteiger partial charge on any atom is 0.320 e. The summed E-state index contributed by atoms with van der Waals surface area (Å²) in [5.41, 5.74) is 1.80. The second-order valence-electron chi connectivity index (χ2n) is 6.20. The van der Waals surface area contributed by atoms with Crippen LogP contribution in [-0.2, 0) is 12.3 Å². The summed E-state index contributed by atoms with van der Waals surface area (Å²) in [5.74, 6) is 1.93. The lowest BCUT2D eigenvalue weighted by atomic mass is 10.2. The number of hydrogen-bond acceptors (Lipinski definition) is 5. The summed E-state index contributed by atoms with van der Waals surface area (Å²) >= 11 is 1.33. The van der Waals surface area contributed by atoms with Crippen molar-refractivity contribution in [3.8, 4) is 17.1 Å². The fourth-order valence-corrected chi connectivity index (χ4v) is 4.18. The molecular weight excluding hydrogens is 396 g/mol. The van der Waals surface area contributed by atoms with Gasteiger partial charge in [-0.3, -0.25) is 4.57 Å². The highest BCUT2D eigenvalue weighted by atomic mass is 32.2. The van der Waals surface area contributed by atoms with Gasteiger partial charge in [0.2, 0.25) is 0 Å². The zero-order valence-electron chi connectivity index (χ0n) is 15.9. The Bertz CT molecular complexity index is 1140. The van der Waals surface area contributed by atoms with Crippen molar-refractivity contribution in [2.45, 2.75) is 30.9 Å². The third-order valence-corrected chi connectivity index (χ3v) is 5.54. The molecule has 2 aromatic heterocycles. The van der Waals surface area contributed by atoms with Crippen LogP contribution in [0.5, 0.6) is 5.75 Å². The van der Waals surface area contributed by atoms with Crippen LogP contribution in [0.1, 0.15) is 19.3 Å². The Morgan fingerprint density at radius 3 is 2.59 bits per heavy atom. The first-order valence-corrected chi connectivity index (χ1v) is 10.1. The van der Waals surface area contributed by atoms with E-state index in [0.717, 1.165) is 10.1 Å². The number of aromatic nitrogens is 5. The zero-order chi connectivity index (χ0) is 20.4. The predicted molar refractivity (Wildman–Crippen MR) is 108 cm³/mol. The van der Waals surface area contributed by atoms with E-state index in [1.807, 2.05) is 35.8 Å². The molecule has 0 atom stereocenters. The zero-order valence-corrected chi connectivity index (χ0v) is 16.7. The molecule has 0 aliphatic carbocycles. The van der Waals surface area contributed by atoms with Crippen molar-refractivity contribution >= 4 is 22.8 Å². The van der Waals surface area contributed by atoms with Crippen molar-refractivity contribution in [3.05, 3.63) is 54.4 Å². The first-order chi connectivity index (χ1) is 14.1. The maximum absolute atomic E-state index is 13.6. The number of benzene rings is 2. The molecule has 4 aromatic rings. The van der Waals surface area contributed by atoms with Gasteiger partial charge in [-0.15, -0.1) is 10.2 Å². The quantitative estimate of drug-likeness (QED) is 0.397. The fourth-order valence-electron chi connectivity index (χ4n) is 3.25. The Labute approximate surface area is 170 Å². The van der Waals surface area contributed by atoms with E-state index < -0.39 is 6.55 Å². The summed E-state index contributed by atoms with van der Waals surface area (Å²) in [5, 5.41) is 9.23. The molecule has 150 valence electrons. The molecule has 0 aliphatic rings. The highest BCUT2D eigenvalue weighted by Crippen LogP contribution is 2.32. The standard InChI is InChI=1S/C20H19F2N5OS/c1-3-26-18(13-8-4-7-11-16(13)28-2)24-25-20(26)29-12-17-23-14-9-5-6-10-15(14)27(17)19(21)22/h4-11,19H,3,12H2,1-2H3. The minimum atomic E-state index is -2.66. The molecule has 2 heterocycles. The molecule has 0 N–H and O–H groups in total. The fraction of sp³-hybridized carbons (Fsp3) is 0.250. The molecule has 0 radical (unpaired) electrons. The van der Waals surface area contributed by atoms with Crippen LogP contribution in [0.25, 0.3) is 22.4 Å². The number of fused-ring (bicyclic) bond motifs is 1. The predicted octanol–water partition coefficient (Wildman–Crippen LogP) is 5.01. The molecule has 0 aliphatic heterocycles. The number of ether oxygens (including phenoxy) is 1. The highest BCUT2D eigenvalue weighted by Gasteiger charge is 2.20. The summed E-state index contributed by atoms with van der Waals surface area (Å²) < 4.78 is 35.6. The van der Waals surface area contributed by atoms with Gasteiger partial charge in [-0.05, 0) is 31.2 Å². The van der Waals surface area contributed by atoms with Gasteiger partial charge >= 0.3 is 6.55 Å². The minimum absolute atomic E-state index is 0.253. The van der Waals surface area contributed by atoms with Crippen LogP contribution >= 0.6 is 11.8 Å². The van der Waals surface area contributed by atoms with E-state index in [9.17, 15) is 8.78 Å². The van der Waals surface area contributed by atoms with Gasteiger partial charge in [0.05, 0.1) is 29.5 Å². The Morgan fingerprint density at radius 1 is 1.07 bits per heavy atom. The largest absolute Gasteiger partial charge is 0.496 e. The number of para-hydroxylation sites is 3. The van der Waals surface area contributed by atoms with Crippen LogP contribution in [-0.4, -0.2) is 31.4 Å². The second-order valence-corrected chi connectivity index (χ2v) is 7.15. The number of thioether (sulfide) groups is 1. The van der Waals surface area contributed by atoms with E-state index in [2.05, 4.69) is 15.2 Å². The van der Waals surface area contributed by atoms with E-state index in [-0.39, 0.29) is 5.75 Å². The van der Waals surface area contributed by atoms with E-state index in [0.29, 0.717) is 40.1 Å². The van der Waals surface area contributed by atoms with Crippen LogP contribution in [0, 0.1) is 0 Å². The molecule has 2 aromatic carbocycles. The summed E-state index contributed by atoms with van der Waals surface area (Å²) in [6, 6.07) is 14.5. The van der Waals surface area contributed by atoms with Gasteiger partial charge in [-0.2, -0.15) is 8.78 Å². The minimum Gasteiger partial charge on any atom is -0.496 e. The Morgan fingerprint density at radius 2 is 1.83 bits per heavy atom. The normalized spacial score (nSPS) is 11.5. The smallest absolute Gasteiger partial charge is 0.320 e. The van der Waals surface area contributed by atoms with Gasteiger partial charge in [-0.25, -0.2) is 4.98 Å². The third kappa shape index (κ3) is 3.57. The van der Waals surface area contributed by atoms with E-state index in [4.69, 9.17) is 4.74 Å². The number of hydrogen-bond donors (Lipinski definition) is 0. The van der Waals surface area contributed by atoms with Gasteiger partial charge in [0.15, 0.2) is 11.0 Å². The van der Waals surface area contributed by atoms with E-state index >= 15 is 0 Å². The number of nitrogens with zero attached hydrogens (tertiary/aromatic N) is 5. The van der Waals surface area contributed by atoms with Gasteiger partial charge < -0.3 is 9.30 Å². The van der Waals surface area contributed by atoms with Crippen LogP contribution in [0.2, 0.25) is 0 Å². The number of methoxy groups -OCH3 is 1. The Kier molecular flexibility index (Phi) is 5.48. The molecule has 4 rings (SSSR count). The van der Waals surface area contributed by atoms with Gasteiger partial charge in [0.1, 0.15) is 11.6 Å². The number of halogens is 2. The SMILES string of the molecule is CCn1c(SCc2nc3ccccc3n2C(F)F)nnc1-c1ccccc1OC. The van der Waals surface area contributed by atoms with Gasteiger partial charge in [0, 0.05) is 6.54 Å². The highest BCUT2D eigenvalue weighted by molar-refractivity contribution is 7.98. The topological polar surface area (TPSA) is 57.8 Å². The third-order valence-electron chi connectivity index (χ3n) is 4.58. The van der Waals surface area contributed by atoms with Crippen molar-refractivity contribution in [1.82, 2.24) is 24.3 Å². The number of imidazole rings is 1. The van der Waals surface area contributed by atoms with Crippen LogP contribution < -0.4 is 4.74 Å². The molecular formula is C20H19F2N5OS. The van der Waals surface area contributed by atoms with Gasteiger partial charge in [0.25, 0.3) is 0 Å². The van der Waals surface area contributed by atoms with Gasteiger partial charge in [-0.1, -0.05) is 36.0 Å². The molecule has 0 amide bonds. The molecule has 6 nitrogen and oxygen atoms in total. The second kappa shape index (κ2) is 8.20. The van der Waals surface area contributed by atoms with Crippen molar-refractivity contribution in [1.29, 1.82) is 0 Å². The first kappa shape index (κ1) is 19.4. The number of alkyl halides is 2. The lowest BCUT2D eigenvalue weighted by Gasteiger charge is -2.11. The van der Waals surface area contributed by atoms with Crippen LogP contribution in [0.15, 0.2) is 53.7 Å². The maximum atomic E-state index is 13.6. The van der Waals surface area contributed by atoms with Crippen molar-refractivity contribution in [2.75, 3.05) is 7.11 Å². The summed E-state index contributed by atoms with van der Waals surface area (Å²) in [6.07, 6.45) is 0. The molecule has 0 saturated carbocycles. The lowest BCUT2D eigenvalue weighted by molar-refractivity contribution is 0.0722. The molecule has 29 heavy (non-hydrogen) atoms.